The molecule has 34 heavy (non-hydrogen) atoms. The second-order valence-corrected chi connectivity index (χ2v) is 8.38. The average molecular weight is 508 g/mol. The number of benzene rings is 1. The number of carbonyl (C=O) groups is 1. The maximum Gasteiger partial charge on any atom is 0.408 e. The van der Waals surface area contributed by atoms with Crippen molar-refractivity contribution < 1.29 is 26.7 Å². The lowest BCUT2D eigenvalue weighted by atomic mass is 10.2. The van der Waals surface area contributed by atoms with E-state index in [1.807, 2.05) is 0 Å². The summed E-state index contributed by atoms with van der Waals surface area (Å²) in [6, 6.07) is 0.450. The number of thioether (sulfide) groups is 1. The van der Waals surface area contributed by atoms with Crippen molar-refractivity contribution in [3.05, 3.63) is 35.4 Å². The zero-order valence-electron chi connectivity index (χ0n) is 18.1. The van der Waals surface area contributed by atoms with Crippen molar-refractivity contribution >= 4 is 34.8 Å². The van der Waals surface area contributed by atoms with E-state index in [0.717, 1.165) is 18.3 Å². The number of hydrogen-bond acceptors (Lipinski definition) is 7. The van der Waals surface area contributed by atoms with Crippen molar-refractivity contribution in [3.63, 3.8) is 0 Å². The fourth-order valence-electron chi connectivity index (χ4n) is 3.09. The van der Waals surface area contributed by atoms with Crippen LogP contribution in [0.2, 0.25) is 0 Å². The molecule has 1 fully saturated rings. The minimum absolute atomic E-state index is 0.135. The van der Waals surface area contributed by atoms with E-state index in [0.29, 0.717) is 44.4 Å². The fraction of sp³-hybridized carbons (Fsp3) is 0.500. The largest absolute Gasteiger partial charge is 0.408 e. The number of rotatable bonds is 8. The summed E-state index contributed by atoms with van der Waals surface area (Å²) in [6.45, 7) is 0.348. The first-order valence-corrected chi connectivity index (χ1v) is 11.3. The highest BCUT2D eigenvalue weighted by atomic mass is 32.2. The van der Waals surface area contributed by atoms with Gasteiger partial charge in [0.05, 0.1) is 5.04 Å². The summed E-state index contributed by atoms with van der Waals surface area (Å²) in [5.41, 5.74) is 5.51. The van der Waals surface area contributed by atoms with Crippen LogP contribution in [0.1, 0.15) is 12.0 Å². The van der Waals surface area contributed by atoms with E-state index < -0.39 is 47.4 Å². The van der Waals surface area contributed by atoms with Crippen LogP contribution in [0.3, 0.4) is 0 Å². The summed E-state index contributed by atoms with van der Waals surface area (Å²) in [5.74, 6) is -2.97. The van der Waals surface area contributed by atoms with Gasteiger partial charge in [-0.2, -0.15) is 13.2 Å². The van der Waals surface area contributed by atoms with Gasteiger partial charge in [0, 0.05) is 37.2 Å². The molecule has 1 heterocycles. The number of hydrogen-bond donors (Lipinski definition) is 5. The van der Waals surface area contributed by atoms with Crippen LogP contribution in [0.4, 0.5) is 22.0 Å². The number of carbonyl (C=O) groups excluding carboxylic acids is 1. The van der Waals surface area contributed by atoms with E-state index in [9.17, 15) is 26.7 Å². The highest BCUT2D eigenvalue weighted by Crippen LogP contribution is 2.20. The molecule has 1 aliphatic heterocycles. The van der Waals surface area contributed by atoms with Crippen molar-refractivity contribution in [2.75, 3.05) is 32.7 Å². The van der Waals surface area contributed by atoms with Gasteiger partial charge in [0.1, 0.15) is 36.1 Å². The number of nitrogens with two attached hydrogens (primary N) is 1. The molecule has 1 aliphatic rings. The Morgan fingerprint density at radius 2 is 1.97 bits per heavy atom. The molecule has 0 radical (unpaired) electrons. The second-order valence-electron chi connectivity index (χ2n) is 7.36. The minimum atomic E-state index is -4.58. The minimum Gasteiger partial charge on any atom is -0.357 e. The molecule has 14 heteroatoms. The zero-order chi connectivity index (χ0) is 25.3. The fourth-order valence-corrected chi connectivity index (χ4v) is 3.96. The van der Waals surface area contributed by atoms with Crippen LogP contribution in [0.25, 0.3) is 0 Å². The number of nitrogens with zero attached hydrogens (tertiary/aromatic N) is 2. The first-order chi connectivity index (χ1) is 16.0. The van der Waals surface area contributed by atoms with Gasteiger partial charge in [0.15, 0.2) is 0 Å². The van der Waals surface area contributed by atoms with Gasteiger partial charge in [-0.15, -0.1) is 11.8 Å². The third kappa shape index (κ3) is 8.33. The molecule has 0 aromatic heterocycles. The number of nitrogens with one attached hydrogen (secondary N) is 4. The van der Waals surface area contributed by atoms with Gasteiger partial charge in [-0.05, 0) is 25.1 Å². The van der Waals surface area contributed by atoms with Gasteiger partial charge in [0.25, 0.3) is 0 Å². The highest BCUT2D eigenvalue weighted by molar-refractivity contribution is 8.13. The van der Waals surface area contributed by atoms with E-state index in [1.165, 1.54) is 6.07 Å². The average Bonchev–Trinajstić information content (AvgIpc) is 3.06. The van der Waals surface area contributed by atoms with E-state index in [1.54, 1.807) is 4.90 Å². The lowest BCUT2D eigenvalue weighted by Crippen LogP contribution is -2.55. The summed E-state index contributed by atoms with van der Waals surface area (Å²) in [7, 11) is 0. The third-order valence-electron chi connectivity index (χ3n) is 4.83. The van der Waals surface area contributed by atoms with Gasteiger partial charge in [0.2, 0.25) is 5.91 Å². The monoisotopic (exact) mass is 507 g/mol. The van der Waals surface area contributed by atoms with Gasteiger partial charge < -0.3 is 26.7 Å². The Kier molecular flexibility index (Phi) is 10.4. The van der Waals surface area contributed by atoms with Gasteiger partial charge in [-0.3, -0.25) is 15.2 Å². The molecule has 0 spiro atoms. The van der Waals surface area contributed by atoms with Crippen molar-refractivity contribution in [2.45, 2.75) is 30.4 Å². The highest BCUT2D eigenvalue weighted by Gasteiger charge is 2.31. The molecule has 1 aromatic carbocycles. The predicted molar refractivity (Wildman–Crippen MR) is 121 cm³/mol. The summed E-state index contributed by atoms with van der Waals surface area (Å²) in [6.07, 6.45) is -3.22. The zero-order valence-corrected chi connectivity index (χ0v) is 18.9. The number of aliphatic imine (C=N–C) groups is 1. The lowest BCUT2D eigenvalue weighted by molar-refractivity contribution is -0.120. The van der Waals surface area contributed by atoms with Crippen LogP contribution in [-0.4, -0.2) is 78.9 Å². The van der Waals surface area contributed by atoms with Gasteiger partial charge in [-0.1, -0.05) is 6.07 Å². The molecule has 8 nitrogen and oxygen atoms in total. The number of alkyl halides is 3. The Morgan fingerprint density at radius 3 is 2.59 bits per heavy atom. The molecule has 0 aliphatic carbocycles. The number of amides is 1. The van der Waals surface area contributed by atoms with Crippen LogP contribution in [0.5, 0.6) is 0 Å². The van der Waals surface area contributed by atoms with Crippen LogP contribution in [0, 0.1) is 22.5 Å². The Labute approximate surface area is 197 Å². The molecule has 1 aromatic rings. The van der Waals surface area contributed by atoms with Crippen LogP contribution in [-0.2, 0) is 10.5 Å². The third-order valence-corrected chi connectivity index (χ3v) is 5.82. The molecule has 0 bridgehead atoms. The number of halogens is 5. The molecule has 6 N–H and O–H groups in total. The molecular formula is C20H26F5N7OS. The maximum absolute atomic E-state index is 13.8. The first-order valence-electron chi connectivity index (χ1n) is 10.3. The Bertz CT molecular complexity index is 884. The van der Waals surface area contributed by atoms with Crippen molar-refractivity contribution in [2.24, 2.45) is 10.7 Å². The molecule has 2 rings (SSSR count). The molecule has 2 unspecified atom stereocenters. The topological polar surface area (TPSA) is 130 Å². The van der Waals surface area contributed by atoms with Crippen molar-refractivity contribution in [1.82, 2.24) is 15.5 Å². The summed E-state index contributed by atoms with van der Waals surface area (Å²) in [4.78, 5) is 17.8. The molecule has 1 amide bonds. The molecule has 188 valence electrons. The van der Waals surface area contributed by atoms with Crippen LogP contribution in [0.15, 0.2) is 23.2 Å². The summed E-state index contributed by atoms with van der Waals surface area (Å²) < 4.78 is 66.0. The second kappa shape index (κ2) is 12.8. The van der Waals surface area contributed by atoms with E-state index >= 15 is 0 Å². The molecule has 1 saturated heterocycles. The summed E-state index contributed by atoms with van der Waals surface area (Å²) in [5, 5.41) is 20.7. The SMILES string of the molecule is N=CC(NC(=O)C(N)C(=N)SCc1c(F)cccc1F)C(=NCC(F)(F)F)N1CCCNCC1. The first kappa shape index (κ1) is 27.7. The van der Waals surface area contributed by atoms with E-state index in [-0.39, 0.29) is 17.2 Å². The predicted octanol–water partition coefficient (Wildman–Crippen LogP) is 1.89. The van der Waals surface area contributed by atoms with Gasteiger partial charge >= 0.3 is 6.18 Å². The smallest absolute Gasteiger partial charge is 0.357 e. The Hall–Kier alpha value is -2.58. The lowest BCUT2D eigenvalue weighted by Gasteiger charge is -2.29. The molecular weight excluding hydrogens is 481 g/mol. The van der Waals surface area contributed by atoms with Crippen LogP contribution >= 0.6 is 11.8 Å². The molecule has 0 saturated carbocycles. The van der Waals surface area contributed by atoms with E-state index in [2.05, 4.69) is 15.6 Å². The van der Waals surface area contributed by atoms with Crippen molar-refractivity contribution in [3.8, 4) is 0 Å². The van der Waals surface area contributed by atoms with Crippen LogP contribution < -0.4 is 16.4 Å². The molecule has 2 atom stereocenters. The quantitative estimate of drug-likeness (QED) is 0.208. The maximum atomic E-state index is 13.8. The standard InChI is InChI=1S/C20H26F5N7OS/c21-13-3-1-4-14(22)12(13)10-34-17(28)16(27)19(33)31-15(9-26)18(30-11-20(23,24)25)32-7-2-5-29-6-8-32/h1,3-4,9,15-16,26,28-29H,2,5-8,10-11,27H2,(H,31,33). The number of amidine groups is 1. The van der Waals surface area contributed by atoms with E-state index in [4.69, 9.17) is 16.6 Å². The van der Waals surface area contributed by atoms with Crippen molar-refractivity contribution in [1.29, 1.82) is 10.8 Å². The summed E-state index contributed by atoms with van der Waals surface area (Å²) >= 11 is 0.645. The van der Waals surface area contributed by atoms with Gasteiger partial charge in [-0.25, -0.2) is 8.78 Å². The Morgan fingerprint density at radius 1 is 1.29 bits per heavy atom. The normalized spacial score (nSPS) is 17.0. The Balaban J connectivity index is 2.10.